The molecule has 0 aromatic carbocycles. The smallest absolute Gasteiger partial charge is 0.232 e. The summed E-state index contributed by atoms with van der Waals surface area (Å²) in [4.78, 5) is 15.7. The molecule has 0 aromatic rings. The minimum absolute atomic E-state index is 0.259. The summed E-state index contributed by atoms with van der Waals surface area (Å²) in [5.41, 5.74) is 0. The molecule has 1 aliphatic rings. The lowest BCUT2D eigenvalue weighted by Gasteiger charge is -2.34. The molecule has 1 rings (SSSR count). The second kappa shape index (κ2) is 6.27. The van der Waals surface area contributed by atoms with Crippen molar-refractivity contribution in [3.63, 3.8) is 0 Å². The van der Waals surface area contributed by atoms with Crippen molar-refractivity contribution in [2.45, 2.75) is 0 Å². The van der Waals surface area contributed by atoms with E-state index in [2.05, 4.69) is 4.90 Å². The molecule has 1 aliphatic heterocycles. The Morgan fingerprint density at radius 3 is 2.50 bits per heavy atom. The van der Waals surface area contributed by atoms with Crippen molar-refractivity contribution >= 4 is 17.7 Å². The molecule has 5 heteroatoms. The van der Waals surface area contributed by atoms with Crippen LogP contribution in [0.2, 0.25) is 0 Å². The highest BCUT2D eigenvalue weighted by molar-refractivity contribution is 7.99. The number of carbonyl (C=O) groups excluding carboxylic acids is 1. The zero-order valence-corrected chi connectivity index (χ0v) is 9.68. The maximum Gasteiger partial charge on any atom is 0.232 e. The summed E-state index contributed by atoms with van der Waals surface area (Å²) in [7, 11) is 1.70. The third kappa shape index (κ3) is 3.48. The molecular formula is C9H18N2O2S. The fourth-order valence-corrected chi connectivity index (χ4v) is 1.95. The number of hydrogen-bond donors (Lipinski definition) is 0. The Hall–Kier alpha value is -0.260. The number of piperazine rings is 1. The lowest BCUT2D eigenvalue weighted by atomic mass is 10.3. The van der Waals surface area contributed by atoms with Gasteiger partial charge in [0.2, 0.25) is 5.91 Å². The first-order chi connectivity index (χ1) is 6.77. The number of hydrogen-bond acceptors (Lipinski definition) is 4. The molecule has 1 saturated heterocycles. The van der Waals surface area contributed by atoms with Gasteiger partial charge >= 0.3 is 0 Å². The first-order valence-corrected chi connectivity index (χ1v) is 6.15. The average Bonchev–Trinajstić information content (AvgIpc) is 2.20. The van der Waals surface area contributed by atoms with Crippen LogP contribution in [-0.2, 0) is 9.53 Å². The van der Waals surface area contributed by atoms with Gasteiger partial charge in [-0.25, -0.2) is 0 Å². The highest BCUT2D eigenvalue weighted by Gasteiger charge is 2.19. The predicted molar refractivity (Wildman–Crippen MR) is 58.4 cm³/mol. The van der Waals surface area contributed by atoms with Gasteiger partial charge in [0, 0.05) is 33.3 Å². The van der Waals surface area contributed by atoms with E-state index in [1.54, 1.807) is 18.9 Å². The van der Waals surface area contributed by atoms with E-state index in [0.29, 0.717) is 12.5 Å². The van der Waals surface area contributed by atoms with E-state index in [1.165, 1.54) is 0 Å². The molecular weight excluding hydrogens is 200 g/mol. The Kier molecular flexibility index (Phi) is 5.29. The molecule has 0 aliphatic carbocycles. The topological polar surface area (TPSA) is 32.8 Å². The van der Waals surface area contributed by atoms with E-state index in [-0.39, 0.29) is 5.91 Å². The Morgan fingerprint density at radius 1 is 1.36 bits per heavy atom. The van der Waals surface area contributed by atoms with Gasteiger partial charge in [0.25, 0.3) is 0 Å². The van der Waals surface area contributed by atoms with E-state index in [9.17, 15) is 4.79 Å². The second-order valence-corrected chi connectivity index (χ2v) is 4.22. The first-order valence-electron chi connectivity index (χ1n) is 4.76. The SMILES string of the molecule is COCN1CCN(C(=O)CSC)CC1. The van der Waals surface area contributed by atoms with Gasteiger partial charge in [0.1, 0.15) is 0 Å². The molecule has 0 spiro atoms. The molecule has 14 heavy (non-hydrogen) atoms. The van der Waals surface area contributed by atoms with Crippen molar-refractivity contribution in [3.05, 3.63) is 0 Å². The number of amides is 1. The average molecular weight is 218 g/mol. The molecule has 1 heterocycles. The molecule has 0 unspecified atom stereocenters. The van der Waals surface area contributed by atoms with Crippen LogP contribution in [0, 0.1) is 0 Å². The van der Waals surface area contributed by atoms with Crippen molar-refractivity contribution in [1.29, 1.82) is 0 Å². The number of ether oxygens (including phenoxy) is 1. The molecule has 0 aromatic heterocycles. The minimum Gasteiger partial charge on any atom is -0.369 e. The van der Waals surface area contributed by atoms with E-state index in [4.69, 9.17) is 4.74 Å². The molecule has 1 fully saturated rings. The third-order valence-corrected chi connectivity index (χ3v) is 2.84. The summed E-state index contributed by atoms with van der Waals surface area (Å²) in [6.07, 6.45) is 1.96. The fraction of sp³-hybridized carbons (Fsp3) is 0.889. The Morgan fingerprint density at radius 2 is 2.00 bits per heavy atom. The van der Waals surface area contributed by atoms with Crippen LogP contribution in [0.1, 0.15) is 0 Å². The first kappa shape index (κ1) is 11.8. The predicted octanol–water partition coefficient (Wildman–Crippen LogP) is 0.0975. The van der Waals surface area contributed by atoms with Crippen LogP contribution in [0.3, 0.4) is 0 Å². The highest BCUT2D eigenvalue weighted by Crippen LogP contribution is 2.04. The fourth-order valence-electron chi connectivity index (χ4n) is 1.52. The third-order valence-electron chi connectivity index (χ3n) is 2.30. The molecule has 82 valence electrons. The molecule has 1 amide bonds. The van der Waals surface area contributed by atoms with Gasteiger partial charge in [0.15, 0.2) is 0 Å². The van der Waals surface area contributed by atoms with Crippen LogP contribution in [0.15, 0.2) is 0 Å². The van der Waals surface area contributed by atoms with E-state index in [0.717, 1.165) is 26.2 Å². The number of thioether (sulfide) groups is 1. The molecule has 0 bridgehead atoms. The van der Waals surface area contributed by atoms with Crippen LogP contribution in [-0.4, -0.2) is 67.7 Å². The Balaban J connectivity index is 2.24. The van der Waals surface area contributed by atoms with E-state index in [1.807, 2.05) is 11.2 Å². The summed E-state index contributed by atoms with van der Waals surface area (Å²) in [6, 6.07) is 0. The van der Waals surface area contributed by atoms with Gasteiger partial charge < -0.3 is 9.64 Å². The lowest BCUT2D eigenvalue weighted by molar-refractivity contribution is -0.130. The van der Waals surface area contributed by atoms with Gasteiger partial charge in [-0.3, -0.25) is 9.69 Å². The summed E-state index contributed by atoms with van der Waals surface area (Å²) in [5, 5.41) is 0. The molecule has 0 N–H and O–H groups in total. The zero-order valence-electron chi connectivity index (χ0n) is 8.86. The van der Waals surface area contributed by atoms with Gasteiger partial charge in [-0.15, -0.1) is 0 Å². The number of rotatable bonds is 4. The summed E-state index contributed by atoms with van der Waals surface area (Å²) < 4.78 is 5.04. The van der Waals surface area contributed by atoms with Gasteiger partial charge in [-0.05, 0) is 6.26 Å². The van der Waals surface area contributed by atoms with Gasteiger partial charge in [-0.1, -0.05) is 0 Å². The Bertz CT molecular complexity index is 182. The van der Waals surface area contributed by atoms with Crippen LogP contribution in [0.5, 0.6) is 0 Å². The molecule has 0 saturated carbocycles. The van der Waals surface area contributed by atoms with Crippen LogP contribution in [0.25, 0.3) is 0 Å². The van der Waals surface area contributed by atoms with Gasteiger partial charge in [-0.2, -0.15) is 11.8 Å². The summed E-state index contributed by atoms with van der Waals surface area (Å²) in [6.45, 7) is 4.19. The molecule has 0 radical (unpaired) electrons. The maximum absolute atomic E-state index is 11.5. The van der Waals surface area contributed by atoms with Gasteiger partial charge in [0.05, 0.1) is 12.5 Å². The summed E-state index contributed by atoms with van der Waals surface area (Å²) >= 11 is 1.58. The summed E-state index contributed by atoms with van der Waals surface area (Å²) in [5.74, 6) is 0.860. The van der Waals surface area contributed by atoms with Crippen molar-refractivity contribution in [2.75, 3.05) is 52.0 Å². The normalized spacial score (nSPS) is 18.6. The number of nitrogens with zero attached hydrogens (tertiary/aromatic N) is 2. The van der Waals surface area contributed by atoms with Crippen LogP contribution in [0.4, 0.5) is 0 Å². The molecule has 0 atom stereocenters. The van der Waals surface area contributed by atoms with Crippen molar-refractivity contribution in [1.82, 2.24) is 9.80 Å². The lowest BCUT2D eigenvalue weighted by Crippen LogP contribution is -2.49. The minimum atomic E-state index is 0.259. The second-order valence-electron chi connectivity index (χ2n) is 3.35. The van der Waals surface area contributed by atoms with Crippen LogP contribution >= 0.6 is 11.8 Å². The maximum atomic E-state index is 11.5. The van der Waals surface area contributed by atoms with Crippen molar-refractivity contribution < 1.29 is 9.53 Å². The molecule has 4 nitrogen and oxygen atoms in total. The number of carbonyl (C=O) groups is 1. The van der Waals surface area contributed by atoms with Crippen molar-refractivity contribution in [3.8, 4) is 0 Å². The number of methoxy groups -OCH3 is 1. The van der Waals surface area contributed by atoms with Crippen LogP contribution < -0.4 is 0 Å². The highest BCUT2D eigenvalue weighted by atomic mass is 32.2. The zero-order chi connectivity index (χ0) is 10.4. The van der Waals surface area contributed by atoms with E-state index >= 15 is 0 Å². The quantitative estimate of drug-likeness (QED) is 0.670. The largest absolute Gasteiger partial charge is 0.369 e. The van der Waals surface area contributed by atoms with Crippen molar-refractivity contribution in [2.24, 2.45) is 0 Å². The standard InChI is InChI=1S/C9H18N2O2S/c1-13-8-10-3-5-11(6-4-10)9(12)7-14-2/h3-8H2,1-2H3. The monoisotopic (exact) mass is 218 g/mol. The Labute approximate surface area is 89.6 Å². The van der Waals surface area contributed by atoms with E-state index < -0.39 is 0 Å².